The Morgan fingerprint density at radius 1 is 1.18 bits per heavy atom. The van der Waals surface area contributed by atoms with Crippen LogP contribution >= 0.6 is 0 Å². The molecule has 0 saturated carbocycles. The summed E-state index contributed by atoms with van der Waals surface area (Å²) in [5, 5.41) is 28.0. The molecule has 0 aliphatic rings. The molecule has 0 amide bonds. The second-order valence-corrected chi connectivity index (χ2v) is 4.08. The van der Waals surface area contributed by atoms with Crippen molar-refractivity contribution in [1.82, 2.24) is 0 Å². The van der Waals surface area contributed by atoms with E-state index in [2.05, 4.69) is 6.92 Å². The minimum absolute atomic E-state index is 0.311. The summed E-state index contributed by atoms with van der Waals surface area (Å²) in [6.45, 7) is 2.11. The Morgan fingerprint density at radius 3 is 2.47 bits per heavy atom. The van der Waals surface area contributed by atoms with Crippen molar-refractivity contribution in [2.75, 3.05) is 0 Å². The molecule has 0 radical (unpaired) electrons. The van der Waals surface area contributed by atoms with Crippen LogP contribution in [0.1, 0.15) is 48.5 Å². The average molecular weight is 238 g/mol. The molecule has 94 valence electrons. The maximum absolute atomic E-state index is 10.9. The molecule has 0 fully saturated rings. The van der Waals surface area contributed by atoms with Gasteiger partial charge in [0.25, 0.3) is 0 Å². The van der Waals surface area contributed by atoms with Gasteiger partial charge in [-0.1, -0.05) is 32.3 Å². The van der Waals surface area contributed by atoms with Gasteiger partial charge in [-0.25, -0.2) is 4.79 Å². The van der Waals surface area contributed by atoms with Crippen LogP contribution in [0.4, 0.5) is 0 Å². The van der Waals surface area contributed by atoms with Gasteiger partial charge in [-0.3, -0.25) is 0 Å². The Balaban J connectivity index is 2.80. The third-order valence-corrected chi connectivity index (χ3v) is 2.75. The molecule has 0 unspecified atom stereocenters. The van der Waals surface area contributed by atoms with Crippen molar-refractivity contribution in [1.29, 1.82) is 0 Å². The van der Waals surface area contributed by atoms with Crippen molar-refractivity contribution in [3.8, 4) is 11.5 Å². The molecule has 1 rings (SSSR count). The van der Waals surface area contributed by atoms with E-state index in [0.717, 1.165) is 25.7 Å². The lowest BCUT2D eigenvalue weighted by Crippen LogP contribution is -2.00. The monoisotopic (exact) mass is 238 g/mol. The van der Waals surface area contributed by atoms with Crippen LogP contribution in [0.25, 0.3) is 0 Å². The Hall–Kier alpha value is -1.71. The molecule has 17 heavy (non-hydrogen) atoms. The van der Waals surface area contributed by atoms with Gasteiger partial charge in [0.1, 0.15) is 17.1 Å². The highest BCUT2D eigenvalue weighted by Crippen LogP contribution is 2.31. The van der Waals surface area contributed by atoms with E-state index in [1.165, 1.54) is 6.07 Å². The Bertz CT molecular complexity index is 399. The van der Waals surface area contributed by atoms with Gasteiger partial charge in [-0.15, -0.1) is 0 Å². The number of unbranched alkanes of at least 4 members (excludes halogenated alkanes) is 3. The number of aromatic hydroxyl groups is 2. The van der Waals surface area contributed by atoms with E-state index in [1.807, 2.05) is 0 Å². The maximum Gasteiger partial charge on any atom is 0.343 e. The number of hydrogen-bond donors (Lipinski definition) is 3. The summed E-state index contributed by atoms with van der Waals surface area (Å²) in [6.07, 6.45) is 4.85. The lowest BCUT2D eigenvalue weighted by molar-refractivity contribution is 0.0690. The lowest BCUT2D eigenvalue weighted by Gasteiger charge is -2.08. The predicted molar refractivity (Wildman–Crippen MR) is 64.6 cm³/mol. The summed E-state index contributed by atoms with van der Waals surface area (Å²) in [5.74, 6) is -2.02. The fourth-order valence-electron chi connectivity index (χ4n) is 1.78. The van der Waals surface area contributed by atoms with E-state index in [-0.39, 0.29) is 5.75 Å². The van der Waals surface area contributed by atoms with E-state index < -0.39 is 17.3 Å². The summed E-state index contributed by atoms with van der Waals surface area (Å²) in [5.41, 5.74) is 0.175. The molecule has 0 aliphatic carbocycles. The van der Waals surface area contributed by atoms with Crippen LogP contribution in [-0.2, 0) is 6.42 Å². The number of carboxylic acid groups (broad SMARTS) is 1. The molecule has 3 N–H and O–H groups in total. The van der Waals surface area contributed by atoms with E-state index in [9.17, 15) is 15.0 Å². The first-order valence-electron chi connectivity index (χ1n) is 5.85. The Morgan fingerprint density at radius 2 is 1.88 bits per heavy atom. The van der Waals surface area contributed by atoms with Crippen molar-refractivity contribution < 1.29 is 20.1 Å². The van der Waals surface area contributed by atoms with Crippen LogP contribution in [0, 0.1) is 0 Å². The highest BCUT2D eigenvalue weighted by molar-refractivity contribution is 5.94. The molecule has 0 heterocycles. The van der Waals surface area contributed by atoms with E-state index in [1.54, 1.807) is 6.07 Å². The minimum atomic E-state index is -1.31. The largest absolute Gasteiger partial charge is 0.507 e. The number of aryl methyl sites for hydroxylation is 1. The maximum atomic E-state index is 10.9. The SMILES string of the molecule is CCCCCCc1ccc(O)c(C(=O)O)c1O. The molecule has 0 atom stereocenters. The average Bonchev–Trinajstić information content (AvgIpc) is 2.26. The zero-order chi connectivity index (χ0) is 12.8. The smallest absolute Gasteiger partial charge is 0.343 e. The van der Waals surface area contributed by atoms with Gasteiger partial charge in [0.05, 0.1) is 0 Å². The van der Waals surface area contributed by atoms with Crippen LogP contribution < -0.4 is 0 Å². The molecule has 1 aromatic carbocycles. The van der Waals surface area contributed by atoms with Crippen molar-refractivity contribution in [3.63, 3.8) is 0 Å². The number of benzene rings is 1. The van der Waals surface area contributed by atoms with Crippen LogP contribution in [0.15, 0.2) is 12.1 Å². The molecular weight excluding hydrogens is 220 g/mol. The third-order valence-electron chi connectivity index (χ3n) is 2.75. The molecule has 0 aliphatic heterocycles. The summed E-state index contributed by atoms with van der Waals surface area (Å²) in [6, 6.07) is 2.89. The molecule has 0 saturated heterocycles. The standard InChI is InChI=1S/C13H18O4/c1-2-3-4-5-6-9-7-8-10(14)11(12(9)15)13(16)17/h7-8,14-15H,2-6H2,1H3,(H,16,17). The molecule has 0 bridgehead atoms. The van der Waals surface area contributed by atoms with Crippen molar-refractivity contribution >= 4 is 5.97 Å². The van der Waals surface area contributed by atoms with Crippen molar-refractivity contribution in [2.24, 2.45) is 0 Å². The topological polar surface area (TPSA) is 77.8 Å². The second-order valence-electron chi connectivity index (χ2n) is 4.08. The number of rotatable bonds is 6. The number of aromatic carboxylic acids is 1. The first-order chi connectivity index (χ1) is 8.07. The van der Waals surface area contributed by atoms with Gasteiger partial charge in [0.15, 0.2) is 0 Å². The Labute approximate surface area is 101 Å². The normalized spacial score (nSPS) is 10.4. The summed E-state index contributed by atoms with van der Waals surface area (Å²) >= 11 is 0. The first-order valence-corrected chi connectivity index (χ1v) is 5.85. The lowest BCUT2D eigenvalue weighted by atomic mass is 10.0. The molecule has 0 aromatic heterocycles. The zero-order valence-corrected chi connectivity index (χ0v) is 9.94. The second kappa shape index (κ2) is 6.13. The van der Waals surface area contributed by atoms with Crippen LogP contribution in [0.2, 0.25) is 0 Å². The number of phenols is 2. The van der Waals surface area contributed by atoms with Gasteiger partial charge < -0.3 is 15.3 Å². The predicted octanol–water partition coefficient (Wildman–Crippen LogP) is 2.92. The summed E-state index contributed by atoms with van der Waals surface area (Å²) in [7, 11) is 0. The fourth-order valence-corrected chi connectivity index (χ4v) is 1.78. The van der Waals surface area contributed by atoms with Gasteiger partial charge >= 0.3 is 5.97 Å². The summed E-state index contributed by atoms with van der Waals surface area (Å²) < 4.78 is 0. The van der Waals surface area contributed by atoms with E-state index in [4.69, 9.17) is 5.11 Å². The number of carbonyl (C=O) groups is 1. The van der Waals surface area contributed by atoms with Gasteiger partial charge in [-0.2, -0.15) is 0 Å². The molecule has 0 spiro atoms. The van der Waals surface area contributed by atoms with Crippen LogP contribution in [0.5, 0.6) is 11.5 Å². The van der Waals surface area contributed by atoms with Crippen molar-refractivity contribution in [3.05, 3.63) is 23.3 Å². The zero-order valence-electron chi connectivity index (χ0n) is 9.94. The van der Waals surface area contributed by atoms with Gasteiger partial charge in [0, 0.05) is 0 Å². The summed E-state index contributed by atoms with van der Waals surface area (Å²) in [4.78, 5) is 10.9. The molecular formula is C13H18O4. The highest BCUT2D eigenvalue weighted by Gasteiger charge is 2.18. The van der Waals surface area contributed by atoms with Gasteiger partial charge in [-0.05, 0) is 24.5 Å². The first kappa shape index (κ1) is 13.4. The fraction of sp³-hybridized carbons (Fsp3) is 0.462. The van der Waals surface area contributed by atoms with Gasteiger partial charge in [0.2, 0.25) is 0 Å². The third kappa shape index (κ3) is 3.37. The van der Waals surface area contributed by atoms with E-state index in [0.29, 0.717) is 12.0 Å². The highest BCUT2D eigenvalue weighted by atomic mass is 16.4. The van der Waals surface area contributed by atoms with Crippen molar-refractivity contribution in [2.45, 2.75) is 39.0 Å². The number of carboxylic acids is 1. The molecule has 4 nitrogen and oxygen atoms in total. The Kier molecular flexibility index (Phi) is 4.82. The van der Waals surface area contributed by atoms with E-state index >= 15 is 0 Å². The quantitative estimate of drug-likeness (QED) is 0.666. The number of hydrogen-bond acceptors (Lipinski definition) is 3. The molecule has 4 heteroatoms. The van der Waals surface area contributed by atoms with Crippen LogP contribution in [-0.4, -0.2) is 21.3 Å². The molecule has 1 aromatic rings. The minimum Gasteiger partial charge on any atom is -0.507 e. The van der Waals surface area contributed by atoms with Crippen LogP contribution in [0.3, 0.4) is 0 Å².